The van der Waals surface area contributed by atoms with E-state index in [1.807, 2.05) is 42.7 Å². The Morgan fingerprint density at radius 2 is 1.56 bits per heavy atom. The Bertz CT molecular complexity index is 664. The van der Waals surface area contributed by atoms with E-state index in [9.17, 15) is 9.59 Å². The molecule has 6 nitrogen and oxygen atoms in total. The highest BCUT2D eigenvalue weighted by Gasteiger charge is 2.26. The second-order valence-corrected chi connectivity index (χ2v) is 6.96. The summed E-state index contributed by atoms with van der Waals surface area (Å²) in [4.78, 5) is 28.4. The molecule has 1 aromatic rings. The van der Waals surface area contributed by atoms with Crippen molar-refractivity contribution in [3.8, 4) is 11.5 Å². The SMILES string of the molecule is Cc1cc2c(cc1CC(=O)N1CCN(C(=O)C(C)C)CC1)OCCO2. The van der Waals surface area contributed by atoms with Gasteiger partial charge in [0.05, 0.1) is 6.42 Å². The number of hydrogen-bond donors (Lipinski definition) is 0. The van der Waals surface area contributed by atoms with Crippen LogP contribution >= 0.6 is 0 Å². The molecule has 1 aromatic carbocycles. The van der Waals surface area contributed by atoms with Gasteiger partial charge in [-0.05, 0) is 30.2 Å². The lowest BCUT2D eigenvalue weighted by Crippen LogP contribution is -2.51. The third kappa shape index (κ3) is 3.89. The first-order valence-electron chi connectivity index (χ1n) is 8.91. The first-order valence-corrected chi connectivity index (χ1v) is 8.91. The summed E-state index contributed by atoms with van der Waals surface area (Å²) in [6.07, 6.45) is 0.348. The fraction of sp³-hybridized carbons (Fsp3) is 0.579. The van der Waals surface area contributed by atoms with Crippen LogP contribution in [0.5, 0.6) is 11.5 Å². The van der Waals surface area contributed by atoms with Crippen molar-refractivity contribution >= 4 is 11.8 Å². The van der Waals surface area contributed by atoms with Crippen molar-refractivity contribution in [2.45, 2.75) is 27.2 Å². The highest BCUT2D eigenvalue weighted by atomic mass is 16.6. The highest BCUT2D eigenvalue weighted by Crippen LogP contribution is 2.33. The van der Waals surface area contributed by atoms with Crippen molar-refractivity contribution in [1.29, 1.82) is 0 Å². The number of aryl methyl sites for hydroxylation is 1. The van der Waals surface area contributed by atoms with E-state index >= 15 is 0 Å². The molecule has 6 heteroatoms. The first-order chi connectivity index (χ1) is 12.0. The summed E-state index contributed by atoms with van der Waals surface area (Å²) in [6, 6.07) is 3.86. The standard InChI is InChI=1S/C19H26N2O4/c1-13(2)19(23)21-6-4-20(5-7-21)18(22)12-15-11-17-16(10-14(15)3)24-8-9-25-17/h10-11,13H,4-9,12H2,1-3H3. The summed E-state index contributed by atoms with van der Waals surface area (Å²) >= 11 is 0. The number of piperazine rings is 1. The average molecular weight is 346 g/mol. The van der Waals surface area contributed by atoms with Crippen LogP contribution in [0.25, 0.3) is 0 Å². The lowest BCUT2D eigenvalue weighted by molar-refractivity contribution is -0.141. The van der Waals surface area contributed by atoms with Crippen LogP contribution < -0.4 is 9.47 Å². The van der Waals surface area contributed by atoms with Gasteiger partial charge in [0, 0.05) is 32.1 Å². The average Bonchev–Trinajstić information content (AvgIpc) is 2.61. The van der Waals surface area contributed by atoms with Gasteiger partial charge >= 0.3 is 0 Å². The number of fused-ring (bicyclic) bond motifs is 1. The van der Waals surface area contributed by atoms with Gasteiger partial charge in [0.2, 0.25) is 11.8 Å². The Hall–Kier alpha value is -2.24. The van der Waals surface area contributed by atoms with Crippen molar-refractivity contribution in [2.24, 2.45) is 5.92 Å². The Morgan fingerprint density at radius 3 is 2.16 bits per heavy atom. The Balaban J connectivity index is 1.61. The van der Waals surface area contributed by atoms with Gasteiger partial charge in [-0.1, -0.05) is 13.8 Å². The van der Waals surface area contributed by atoms with Crippen LogP contribution in [0.1, 0.15) is 25.0 Å². The molecule has 136 valence electrons. The molecule has 2 heterocycles. The minimum Gasteiger partial charge on any atom is -0.486 e. The molecule has 2 aliphatic rings. The van der Waals surface area contributed by atoms with Crippen LogP contribution in [-0.4, -0.2) is 61.0 Å². The van der Waals surface area contributed by atoms with Crippen LogP contribution in [0.4, 0.5) is 0 Å². The Kier molecular flexibility index (Phi) is 5.16. The lowest BCUT2D eigenvalue weighted by atomic mass is 10.0. The fourth-order valence-electron chi connectivity index (χ4n) is 3.24. The Morgan fingerprint density at radius 1 is 1.00 bits per heavy atom. The third-order valence-corrected chi connectivity index (χ3v) is 4.78. The summed E-state index contributed by atoms with van der Waals surface area (Å²) in [7, 11) is 0. The highest BCUT2D eigenvalue weighted by molar-refractivity contribution is 5.81. The Labute approximate surface area is 148 Å². The molecule has 2 amide bonds. The lowest BCUT2D eigenvalue weighted by Gasteiger charge is -2.35. The maximum atomic E-state index is 12.6. The van der Waals surface area contributed by atoms with Crippen LogP contribution in [0.3, 0.4) is 0 Å². The molecule has 2 aliphatic heterocycles. The van der Waals surface area contributed by atoms with Gasteiger partial charge in [-0.3, -0.25) is 9.59 Å². The van der Waals surface area contributed by atoms with E-state index in [0.29, 0.717) is 51.6 Å². The van der Waals surface area contributed by atoms with Gasteiger partial charge in [-0.15, -0.1) is 0 Å². The second kappa shape index (κ2) is 7.33. The molecule has 3 rings (SSSR count). The number of carbonyl (C=O) groups is 2. The summed E-state index contributed by atoms with van der Waals surface area (Å²) < 4.78 is 11.2. The number of ether oxygens (including phenoxy) is 2. The van der Waals surface area contributed by atoms with Gasteiger partial charge in [0.1, 0.15) is 13.2 Å². The van der Waals surface area contributed by atoms with Crippen molar-refractivity contribution in [1.82, 2.24) is 9.80 Å². The number of rotatable bonds is 3. The summed E-state index contributed by atoms with van der Waals surface area (Å²) in [5.74, 6) is 1.72. The molecule has 0 N–H and O–H groups in total. The molecule has 1 saturated heterocycles. The molecule has 1 fully saturated rings. The van der Waals surface area contributed by atoms with Crippen molar-refractivity contribution in [2.75, 3.05) is 39.4 Å². The smallest absolute Gasteiger partial charge is 0.227 e. The van der Waals surface area contributed by atoms with Crippen LogP contribution in [0.15, 0.2) is 12.1 Å². The molecular formula is C19H26N2O4. The predicted octanol–water partition coefficient (Wildman–Crippen LogP) is 1.64. The van der Waals surface area contributed by atoms with Crippen LogP contribution in [-0.2, 0) is 16.0 Å². The molecule has 0 bridgehead atoms. The molecule has 0 aliphatic carbocycles. The number of nitrogens with zero attached hydrogens (tertiary/aromatic N) is 2. The summed E-state index contributed by atoms with van der Waals surface area (Å²) in [6.45, 7) is 9.32. The number of amides is 2. The number of hydrogen-bond acceptors (Lipinski definition) is 4. The maximum Gasteiger partial charge on any atom is 0.227 e. The maximum absolute atomic E-state index is 12.6. The zero-order chi connectivity index (χ0) is 18.0. The van der Waals surface area contributed by atoms with E-state index in [-0.39, 0.29) is 17.7 Å². The molecule has 25 heavy (non-hydrogen) atoms. The van der Waals surface area contributed by atoms with E-state index in [1.165, 1.54) is 0 Å². The topological polar surface area (TPSA) is 59.1 Å². The first kappa shape index (κ1) is 17.6. The van der Waals surface area contributed by atoms with E-state index in [2.05, 4.69) is 0 Å². The van der Waals surface area contributed by atoms with E-state index < -0.39 is 0 Å². The quantitative estimate of drug-likeness (QED) is 0.835. The zero-order valence-corrected chi connectivity index (χ0v) is 15.2. The zero-order valence-electron chi connectivity index (χ0n) is 15.2. The summed E-state index contributed by atoms with van der Waals surface area (Å²) in [5, 5.41) is 0. The van der Waals surface area contributed by atoms with Crippen molar-refractivity contribution in [3.05, 3.63) is 23.3 Å². The van der Waals surface area contributed by atoms with Gasteiger partial charge < -0.3 is 19.3 Å². The molecule has 0 unspecified atom stereocenters. The monoisotopic (exact) mass is 346 g/mol. The van der Waals surface area contributed by atoms with Gasteiger partial charge in [-0.25, -0.2) is 0 Å². The second-order valence-electron chi connectivity index (χ2n) is 6.96. The van der Waals surface area contributed by atoms with Gasteiger partial charge in [0.25, 0.3) is 0 Å². The van der Waals surface area contributed by atoms with Gasteiger partial charge in [-0.2, -0.15) is 0 Å². The van der Waals surface area contributed by atoms with E-state index in [1.54, 1.807) is 0 Å². The van der Waals surface area contributed by atoms with E-state index in [4.69, 9.17) is 9.47 Å². The molecule has 0 radical (unpaired) electrons. The third-order valence-electron chi connectivity index (χ3n) is 4.78. The molecule has 0 atom stereocenters. The minimum absolute atomic E-state index is 0.00242. The molecule has 0 spiro atoms. The summed E-state index contributed by atoms with van der Waals surface area (Å²) in [5.41, 5.74) is 2.00. The fourth-order valence-corrected chi connectivity index (χ4v) is 3.24. The number of carbonyl (C=O) groups excluding carboxylic acids is 2. The normalized spacial score (nSPS) is 17.0. The van der Waals surface area contributed by atoms with Crippen LogP contribution in [0, 0.1) is 12.8 Å². The van der Waals surface area contributed by atoms with E-state index in [0.717, 1.165) is 16.9 Å². The number of benzene rings is 1. The molecule has 0 saturated carbocycles. The van der Waals surface area contributed by atoms with Crippen LogP contribution in [0.2, 0.25) is 0 Å². The largest absolute Gasteiger partial charge is 0.486 e. The van der Waals surface area contributed by atoms with Crippen molar-refractivity contribution in [3.63, 3.8) is 0 Å². The van der Waals surface area contributed by atoms with Crippen molar-refractivity contribution < 1.29 is 19.1 Å². The van der Waals surface area contributed by atoms with Gasteiger partial charge in [0.15, 0.2) is 11.5 Å². The molecular weight excluding hydrogens is 320 g/mol. The predicted molar refractivity (Wildman–Crippen MR) is 93.9 cm³/mol. The molecule has 0 aromatic heterocycles. The minimum atomic E-state index is 0.00242.